The predicted molar refractivity (Wildman–Crippen MR) is 103 cm³/mol. The maximum absolute atomic E-state index is 10.8. The molecule has 0 aromatic heterocycles. The lowest BCUT2D eigenvalue weighted by molar-refractivity contribution is 0.651. The van der Waals surface area contributed by atoms with Crippen molar-refractivity contribution in [1.29, 1.82) is 5.26 Å². The lowest BCUT2D eigenvalue weighted by atomic mass is 10.0. The van der Waals surface area contributed by atoms with Crippen LogP contribution < -0.4 is 0 Å². The minimum Gasteiger partial charge on any atom is -0.198 e. The fourth-order valence-corrected chi connectivity index (χ4v) is 1.94. The molecule has 0 aliphatic heterocycles. The van der Waals surface area contributed by atoms with E-state index >= 15 is 0 Å². The molecule has 0 saturated carbocycles. The van der Waals surface area contributed by atoms with Crippen LogP contribution in [-0.4, -0.2) is 6.04 Å². The van der Waals surface area contributed by atoms with Crippen molar-refractivity contribution in [3.63, 3.8) is 0 Å². The second-order valence-electron chi connectivity index (χ2n) is 5.59. The van der Waals surface area contributed by atoms with Gasteiger partial charge in [0.1, 0.15) is 6.04 Å². The van der Waals surface area contributed by atoms with Crippen LogP contribution in [0.4, 0.5) is 0 Å². The van der Waals surface area contributed by atoms with Crippen LogP contribution in [0, 0.1) is 22.2 Å². The lowest BCUT2D eigenvalue weighted by Crippen LogP contribution is -1.95. The van der Waals surface area contributed by atoms with Crippen LogP contribution in [0.25, 0.3) is 0 Å². The van der Waals surface area contributed by atoms with Crippen molar-refractivity contribution in [2.45, 2.75) is 58.4 Å². The zero-order valence-corrected chi connectivity index (χ0v) is 15.0. The van der Waals surface area contributed by atoms with Crippen molar-refractivity contribution in [1.82, 2.24) is 0 Å². The molecule has 24 heavy (non-hydrogen) atoms. The first kappa shape index (κ1) is 21.8. The Morgan fingerprint density at radius 3 is 2.29 bits per heavy atom. The number of hydrogen-bond donors (Lipinski definition) is 0. The van der Waals surface area contributed by atoms with Crippen LogP contribution in [0.3, 0.4) is 0 Å². The lowest BCUT2D eigenvalue weighted by Gasteiger charge is -1.99. The first-order chi connectivity index (χ1) is 11.8. The Balaban J connectivity index is 4.20. The first-order valence-corrected chi connectivity index (χ1v) is 8.83. The molecule has 0 aromatic rings. The van der Waals surface area contributed by atoms with Gasteiger partial charge in [-0.3, -0.25) is 0 Å². The molecular weight excluding hydrogens is 296 g/mol. The molecule has 0 N–H and O–H groups in total. The van der Waals surface area contributed by atoms with E-state index in [9.17, 15) is 4.91 Å². The Hall–Kier alpha value is -2.21. The summed E-state index contributed by atoms with van der Waals surface area (Å²) in [5.41, 5.74) is 0. The van der Waals surface area contributed by atoms with E-state index in [1.165, 1.54) is 0 Å². The second-order valence-corrected chi connectivity index (χ2v) is 5.59. The highest BCUT2D eigenvalue weighted by molar-refractivity contribution is 5.15. The minimum absolute atomic E-state index is 0.0196. The largest absolute Gasteiger partial charge is 0.198 e. The number of allylic oxidation sites excluding steroid dienone is 8. The van der Waals surface area contributed by atoms with Gasteiger partial charge in [-0.15, -0.1) is 0 Å². The van der Waals surface area contributed by atoms with E-state index in [1.54, 1.807) is 6.08 Å². The molecule has 0 aliphatic rings. The summed E-state index contributed by atoms with van der Waals surface area (Å²) in [7, 11) is 0. The van der Waals surface area contributed by atoms with E-state index in [0.717, 1.165) is 32.1 Å². The first-order valence-electron chi connectivity index (χ1n) is 8.83. The molecule has 0 aromatic carbocycles. The molecule has 2 atom stereocenters. The van der Waals surface area contributed by atoms with Crippen molar-refractivity contribution in [2.24, 2.45) is 11.1 Å². The normalized spacial score (nSPS) is 15.0. The molecule has 0 amide bonds. The van der Waals surface area contributed by atoms with Gasteiger partial charge in [-0.2, -0.15) is 10.2 Å². The molecule has 130 valence electrons. The van der Waals surface area contributed by atoms with Gasteiger partial charge >= 0.3 is 0 Å². The Morgan fingerprint density at radius 2 is 1.67 bits per heavy atom. The number of hydrogen-bond acceptors (Lipinski definition) is 3. The standard InChI is InChI=1S/C21H30N2O/c1-3-5-7-8-9-13-17-21(23-24)18-14-11-10-12-16-20(19-22)15-6-4-2/h7-14,16,18,20-21H,3-6,15,17H2,1-2H3/b8-7+,11-10+,13-9-,16-12-,18-14+. The SMILES string of the molecule is CCC/C=C/C=C\CC(/C=C/C=C/C=C\C(C#N)CCCC)N=O. The number of unbranched alkanes of at least 4 members (excludes halogenated alkanes) is 2. The Bertz CT molecular complexity index is 492. The number of nitriles is 1. The summed E-state index contributed by atoms with van der Waals surface area (Å²) < 4.78 is 0. The van der Waals surface area contributed by atoms with E-state index in [-0.39, 0.29) is 12.0 Å². The zero-order chi connectivity index (χ0) is 17.9. The van der Waals surface area contributed by atoms with Crippen molar-refractivity contribution < 1.29 is 0 Å². The third-order valence-corrected chi connectivity index (χ3v) is 3.40. The molecule has 0 bridgehead atoms. The van der Waals surface area contributed by atoms with Crippen LogP contribution in [-0.2, 0) is 0 Å². The Morgan fingerprint density at radius 1 is 0.958 bits per heavy atom. The minimum atomic E-state index is -0.342. The predicted octanol–water partition coefficient (Wildman–Crippen LogP) is 6.42. The van der Waals surface area contributed by atoms with Gasteiger partial charge in [0.25, 0.3) is 0 Å². The van der Waals surface area contributed by atoms with E-state index in [1.807, 2.05) is 48.6 Å². The summed E-state index contributed by atoms with van der Waals surface area (Å²) >= 11 is 0. The van der Waals surface area contributed by atoms with Gasteiger partial charge in [0, 0.05) is 0 Å². The van der Waals surface area contributed by atoms with E-state index in [2.05, 4.69) is 31.2 Å². The van der Waals surface area contributed by atoms with Gasteiger partial charge < -0.3 is 0 Å². The fourth-order valence-electron chi connectivity index (χ4n) is 1.94. The highest BCUT2D eigenvalue weighted by atomic mass is 16.3. The summed E-state index contributed by atoms with van der Waals surface area (Å²) in [4.78, 5) is 10.8. The topological polar surface area (TPSA) is 53.2 Å². The molecule has 2 unspecified atom stereocenters. The maximum atomic E-state index is 10.8. The molecule has 0 spiro atoms. The monoisotopic (exact) mass is 326 g/mol. The summed E-state index contributed by atoms with van der Waals surface area (Å²) in [6.45, 7) is 4.26. The molecule has 0 fully saturated rings. The van der Waals surface area contributed by atoms with Gasteiger partial charge in [-0.05, 0) is 19.3 Å². The van der Waals surface area contributed by atoms with Gasteiger partial charge in [0.05, 0.1) is 12.0 Å². The average Bonchev–Trinajstić information content (AvgIpc) is 2.61. The van der Waals surface area contributed by atoms with E-state index in [4.69, 9.17) is 5.26 Å². The maximum Gasteiger partial charge on any atom is 0.114 e. The summed E-state index contributed by atoms with van der Waals surface area (Å²) in [5, 5.41) is 12.1. The zero-order valence-electron chi connectivity index (χ0n) is 15.0. The van der Waals surface area contributed by atoms with Crippen molar-refractivity contribution >= 4 is 0 Å². The molecule has 0 heterocycles. The van der Waals surface area contributed by atoms with Gasteiger partial charge in [0.2, 0.25) is 0 Å². The van der Waals surface area contributed by atoms with Crippen LogP contribution in [0.1, 0.15) is 52.4 Å². The van der Waals surface area contributed by atoms with Crippen molar-refractivity contribution in [3.05, 3.63) is 65.7 Å². The second kappa shape index (κ2) is 17.1. The third kappa shape index (κ3) is 13.5. The van der Waals surface area contributed by atoms with E-state index < -0.39 is 0 Å². The third-order valence-electron chi connectivity index (χ3n) is 3.40. The Kier molecular flexibility index (Phi) is 15.6. The summed E-state index contributed by atoms with van der Waals surface area (Å²) in [5.74, 6) is -0.0196. The highest BCUT2D eigenvalue weighted by Crippen LogP contribution is 2.09. The molecule has 0 aliphatic carbocycles. The Labute approximate surface area is 147 Å². The van der Waals surface area contributed by atoms with Gasteiger partial charge in [0.15, 0.2) is 0 Å². The molecule has 0 rings (SSSR count). The fraction of sp³-hybridized carbons (Fsp3) is 0.476. The van der Waals surface area contributed by atoms with Crippen LogP contribution in [0.15, 0.2) is 65.9 Å². The molecular formula is C21H30N2O. The molecule has 3 nitrogen and oxygen atoms in total. The number of rotatable bonds is 13. The van der Waals surface area contributed by atoms with Gasteiger partial charge in [-0.25, -0.2) is 0 Å². The van der Waals surface area contributed by atoms with Crippen LogP contribution in [0.2, 0.25) is 0 Å². The highest BCUT2D eigenvalue weighted by Gasteiger charge is 2.00. The number of nitroso groups, excluding NO2 is 1. The van der Waals surface area contributed by atoms with Crippen molar-refractivity contribution in [2.75, 3.05) is 0 Å². The summed E-state index contributed by atoms with van der Waals surface area (Å²) in [6.07, 6.45) is 25.1. The van der Waals surface area contributed by atoms with E-state index in [0.29, 0.717) is 6.42 Å². The average molecular weight is 326 g/mol. The quantitative estimate of drug-likeness (QED) is 0.289. The summed E-state index contributed by atoms with van der Waals surface area (Å²) in [6, 6.07) is 1.95. The van der Waals surface area contributed by atoms with Crippen LogP contribution >= 0.6 is 0 Å². The molecule has 0 radical (unpaired) electrons. The van der Waals surface area contributed by atoms with Crippen LogP contribution in [0.5, 0.6) is 0 Å². The molecule has 3 heteroatoms. The molecule has 0 saturated heterocycles. The number of nitrogens with zero attached hydrogens (tertiary/aromatic N) is 2. The van der Waals surface area contributed by atoms with Gasteiger partial charge in [-0.1, -0.05) is 99.0 Å². The smallest absolute Gasteiger partial charge is 0.114 e. The van der Waals surface area contributed by atoms with Crippen molar-refractivity contribution in [3.8, 4) is 6.07 Å².